The number of aliphatic hydroxyl groups is 2. The van der Waals surface area contributed by atoms with Crippen molar-refractivity contribution in [2.45, 2.75) is 24.5 Å². The van der Waals surface area contributed by atoms with Crippen molar-refractivity contribution in [1.82, 2.24) is 5.32 Å². The predicted octanol–water partition coefficient (Wildman–Crippen LogP) is -1.84. The van der Waals surface area contributed by atoms with Crippen molar-refractivity contribution in [3.05, 3.63) is 0 Å². The van der Waals surface area contributed by atoms with Crippen LogP contribution in [-0.2, 0) is 14.3 Å². The van der Waals surface area contributed by atoms with E-state index >= 15 is 0 Å². The molecule has 15 heavy (non-hydrogen) atoms. The summed E-state index contributed by atoms with van der Waals surface area (Å²) in [6, 6.07) is 0. The van der Waals surface area contributed by atoms with Crippen LogP contribution in [0.25, 0.3) is 0 Å². The monoisotopic (exact) mass is 215 g/mol. The molecule has 0 unspecified atom stereocenters. The average molecular weight is 215 g/mol. The Morgan fingerprint density at radius 2 is 2.13 bits per heavy atom. The highest BCUT2D eigenvalue weighted by Gasteiger charge is 2.76. The molecule has 2 aliphatic heterocycles. The summed E-state index contributed by atoms with van der Waals surface area (Å²) in [7, 11) is 0. The molecule has 0 aromatic heterocycles. The first-order valence-corrected chi connectivity index (χ1v) is 4.79. The molecule has 2 aliphatic rings. The maximum atomic E-state index is 11.6. The van der Waals surface area contributed by atoms with Crippen LogP contribution in [0.1, 0.15) is 13.3 Å². The van der Waals surface area contributed by atoms with Crippen molar-refractivity contribution in [3.63, 3.8) is 0 Å². The van der Waals surface area contributed by atoms with Gasteiger partial charge in [0.25, 0.3) is 0 Å². The molecule has 0 radical (unpaired) electrons. The van der Waals surface area contributed by atoms with Gasteiger partial charge in [-0.2, -0.15) is 0 Å². The molecule has 1 amide bonds. The topological polar surface area (TPSA) is 95.9 Å². The maximum absolute atomic E-state index is 11.6. The molecule has 2 saturated heterocycles. The van der Waals surface area contributed by atoms with Crippen molar-refractivity contribution in [3.8, 4) is 0 Å². The van der Waals surface area contributed by atoms with Gasteiger partial charge in [0.15, 0.2) is 5.60 Å². The summed E-state index contributed by atoms with van der Waals surface area (Å²) in [6.07, 6.45) is 0.220. The van der Waals surface area contributed by atoms with Gasteiger partial charge in [-0.3, -0.25) is 4.79 Å². The Balaban J connectivity index is 2.34. The number of hydrogen-bond acceptors (Lipinski definition) is 5. The van der Waals surface area contributed by atoms with Gasteiger partial charge >= 0.3 is 5.97 Å². The van der Waals surface area contributed by atoms with Crippen LogP contribution < -0.4 is 5.32 Å². The van der Waals surface area contributed by atoms with Crippen molar-refractivity contribution in [2.24, 2.45) is 5.92 Å². The number of carbonyl (C=O) groups excluding carboxylic acids is 2. The summed E-state index contributed by atoms with van der Waals surface area (Å²) in [5.41, 5.74) is -2.33. The Kier molecular flexibility index (Phi) is 2.03. The van der Waals surface area contributed by atoms with Crippen LogP contribution in [-0.4, -0.2) is 46.4 Å². The Morgan fingerprint density at radius 3 is 2.53 bits per heavy atom. The van der Waals surface area contributed by atoms with Crippen LogP contribution in [0.2, 0.25) is 0 Å². The molecule has 0 bridgehead atoms. The van der Waals surface area contributed by atoms with E-state index in [1.165, 1.54) is 0 Å². The maximum Gasteiger partial charge on any atom is 0.339 e. The Hall–Kier alpha value is -1.14. The van der Waals surface area contributed by atoms with Crippen LogP contribution in [0.15, 0.2) is 0 Å². The molecule has 0 saturated carbocycles. The Labute approximate surface area is 86.2 Å². The van der Waals surface area contributed by atoms with E-state index in [0.29, 0.717) is 0 Å². The van der Waals surface area contributed by atoms with Crippen LogP contribution in [0.3, 0.4) is 0 Å². The molecule has 6 nitrogen and oxygen atoms in total. The zero-order valence-electron chi connectivity index (χ0n) is 8.32. The summed E-state index contributed by atoms with van der Waals surface area (Å²) in [4.78, 5) is 22.9. The third-order valence-corrected chi connectivity index (χ3v) is 3.47. The lowest BCUT2D eigenvalue weighted by molar-refractivity contribution is -0.225. The van der Waals surface area contributed by atoms with Gasteiger partial charge < -0.3 is 20.3 Å². The van der Waals surface area contributed by atoms with Gasteiger partial charge in [0.2, 0.25) is 11.4 Å². The second-order valence-electron chi connectivity index (χ2n) is 4.11. The number of hydrogen-bond donors (Lipinski definition) is 3. The van der Waals surface area contributed by atoms with E-state index < -0.39 is 29.6 Å². The van der Waals surface area contributed by atoms with Gasteiger partial charge in [-0.25, -0.2) is 4.79 Å². The molecule has 84 valence electrons. The smallest absolute Gasteiger partial charge is 0.339 e. The summed E-state index contributed by atoms with van der Waals surface area (Å²) in [6.45, 7) is 0.964. The minimum absolute atomic E-state index is 0.160. The highest BCUT2D eigenvalue weighted by atomic mass is 16.6. The number of carbonyl (C=O) groups is 2. The van der Waals surface area contributed by atoms with Crippen molar-refractivity contribution >= 4 is 11.9 Å². The van der Waals surface area contributed by atoms with E-state index in [-0.39, 0.29) is 18.9 Å². The number of esters is 1. The number of aliphatic hydroxyl groups excluding tert-OH is 2. The van der Waals surface area contributed by atoms with E-state index in [4.69, 9.17) is 9.84 Å². The van der Waals surface area contributed by atoms with Crippen LogP contribution in [0, 0.1) is 5.92 Å². The van der Waals surface area contributed by atoms with E-state index in [9.17, 15) is 14.7 Å². The van der Waals surface area contributed by atoms with Crippen molar-refractivity contribution in [2.75, 3.05) is 13.2 Å². The number of fused-ring (bicyclic) bond motifs is 1. The molecule has 0 aliphatic carbocycles. The first-order chi connectivity index (χ1) is 7.02. The summed E-state index contributed by atoms with van der Waals surface area (Å²) in [5.74, 6) is -1.56. The molecule has 2 heterocycles. The lowest BCUT2D eigenvalue weighted by Gasteiger charge is -2.50. The lowest BCUT2D eigenvalue weighted by Crippen LogP contribution is -2.76. The van der Waals surface area contributed by atoms with Gasteiger partial charge in [0.05, 0.1) is 12.5 Å². The van der Waals surface area contributed by atoms with Gasteiger partial charge in [0, 0.05) is 6.61 Å². The molecular weight excluding hydrogens is 202 g/mol. The van der Waals surface area contributed by atoms with Crippen LogP contribution >= 0.6 is 0 Å². The largest absolute Gasteiger partial charge is 0.453 e. The summed E-state index contributed by atoms with van der Waals surface area (Å²) >= 11 is 0. The number of amides is 1. The Bertz CT molecular complexity index is 330. The molecule has 3 atom stereocenters. The molecule has 2 fully saturated rings. The molecule has 0 spiro atoms. The SMILES string of the molecule is C[C@@]12OC(=O)[C@]1(CO)NC(=O)[C@@H]2CCO. The van der Waals surface area contributed by atoms with E-state index in [0.717, 1.165) is 0 Å². The van der Waals surface area contributed by atoms with E-state index in [1.54, 1.807) is 6.92 Å². The van der Waals surface area contributed by atoms with E-state index in [2.05, 4.69) is 5.32 Å². The van der Waals surface area contributed by atoms with Gasteiger partial charge in [-0.1, -0.05) is 0 Å². The minimum atomic E-state index is -1.30. The first kappa shape index (κ1) is 10.4. The fourth-order valence-electron chi connectivity index (χ4n) is 2.41. The fraction of sp³-hybridized carbons (Fsp3) is 0.778. The third-order valence-electron chi connectivity index (χ3n) is 3.47. The first-order valence-electron chi connectivity index (χ1n) is 4.79. The molecular formula is C9H13NO5. The van der Waals surface area contributed by atoms with Crippen LogP contribution in [0.5, 0.6) is 0 Å². The molecule has 0 aromatic carbocycles. The van der Waals surface area contributed by atoms with Gasteiger partial charge in [-0.15, -0.1) is 0 Å². The standard InChI is InChI=1S/C9H13NO5/c1-8-5(2-3-11)6(13)10-9(8,4-12)7(14)15-8/h5,11-12H,2-4H2,1H3,(H,10,13)/t5-,8-,9-/m0/s1. The highest BCUT2D eigenvalue weighted by molar-refractivity contribution is 6.01. The van der Waals surface area contributed by atoms with Gasteiger partial charge in [-0.05, 0) is 13.3 Å². The van der Waals surface area contributed by atoms with E-state index in [1.807, 2.05) is 0 Å². The summed E-state index contributed by atoms with van der Waals surface area (Å²) in [5, 5.41) is 20.5. The molecule has 3 N–H and O–H groups in total. The number of nitrogens with one attached hydrogen (secondary N) is 1. The second kappa shape index (κ2) is 2.93. The second-order valence-corrected chi connectivity index (χ2v) is 4.11. The lowest BCUT2D eigenvalue weighted by atomic mass is 9.71. The van der Waals surface area contributed by atoms with Crippen molar-refractivity contribution in [1.29, 1.82) is 0 Å². The number of ether oxygens (including phenoxy) is 1. The zero-order valence-corrected chi connectivity index (χ0v) is 8.32. The quantitative estimate of drug-likeness (QED) is 0.481. The van der Waals surface area contributed by atoms with Gasteiger partial charge in [0.1, 0.15) is 0 Å². The number of rotatable bonds is 3. The third kappa shape index (κ3) is 0.955. The minimum Gasteiger partial charge on any atom is -0.453 e. The average Bonchev–Trinajstić information content (AvgIpc) is 2.36. The molecule has 6 heteroatoms. The molecule has 0 aromatic rings. The molecule has 2 rings (SSSR count). The van der Waals surface area contributed by atoms with Crippen LogP contribution in [0.4, 0.5) is 0 Å². The highest BCUT2D eigenvalue weighted by Crippen LogP contribution is 2.49. The Morgan fingerprint density at radius 1 is 1.47 bits per heavy atom. The van der Waals surface area contributed by atoms with Crippen molar-refractivity contribution < 1.29 is 24.5 Å². The summed E-state index contributed by atoms with van der Waals surface area (Å²) < 4.78 is 4.99. The predicted molar refractivity (Wildman–Crippen MR) is 47.6 cm³/mol. The zero-order chi connectivity index (χ0) is 11.3. The fourth-order valence-corrected chi connectivity index (χ4v) is 2.41. The normalized spacial score (nSPS) is 43.0.